The average molecular weight is 255 g/mol. The smallest absolute Gasteiger partial charge is 0.224 e. The van der Waals surface area contributed by atoms with Gasteiger partial charge in [0.25, 0.3) is 0 Å². The Balaban J connectivity index is 1.53. The number of piperidine rings is 1. The lowest BCUT2D eigenvalue weighted by molar-refractivity contribution is -0.125. The van der Waals surface area contributed by atoms with Crippen LogP contribution in [0.25, 0.3) is 0 Å². The molecule has 0 aliphatic carbocycles. The van der Waals surface area contributed by atoms with Crippen molar-refractivity contribution in [3.63, 3.8) is 0 Å². The van der Waals surface area contributed by atoms with Crippen LogP contribution >= 0.6 is 0 Å². The van der Waals surface area contributed by atoms with Gasteiger partial charge in [-0.25, -0.2) is 0 Å². The molecular formula is C13H25N3O2. The van der Waals surface area contributed by atoms with Crippen LogP contribution in [0, 0.1) is 5.92 Å². The molecule has 2 saturated heterocycles. The lowest BCUT2D eigenvalue weighted by Gasteiger charge is -2.23. The van der Waals surface area contributed by atoms with Crippen LogP contribution in [-0.2, 0) is 9.53 Å². The molecule has 0 aromatic carbocycles. The molecule has 18 heavy (non-hydrogen) atoms. The fourth-order valence-corrected chi connectivity index (χ4v) is 2.66. The first-order valence-electron chi connectivity index (χ1n) is 7.04. The van der Waals surface area contributed by atoms with Gasteiger partial charge < -0.3 is 20.3 Å². The van der Waals surface area contributed by atoms with Crippen LogP contribution in [0.3, 0.4) is 0 Å². The van der Waals surface area contributed by atoms with Crippen molar-refractivity contribution < 1.29 is 9.53 Å². The standard InChI is InChI=1S/C13H25N3O2/c1-16-8-4-11(10-16)13(17)15-7-9-18-12-2-5-14-6-3-12/h11-12,14H,2-10H2,1H3,(H,15,17). The molecule has 104 valence electrons. The fourth-order valence-electron chi connectivity index (χ4n) is 2.66. The van der Waals surface area contributed by atoms with E-state index in [0.717, 1.165) is 45.4 Å². The summed E-state index contributed by atoms with van der Waals surface area (Å²) in [6, 6.07) is 0. The van der Waals surface area contributed by atoms with Crippen molar-refractivity contribution in [2.24, 2.45) is 5.92 Å². The second-order valence-electron chi connectivity index (χ2n) is 5.36. The van der Waals surface area contributed by atoms with E-state index in [4.69, 9.17) is 4.74 Å². The Morgan fingerprint density at radius 2 is 2.17 bits per heavy atom. The van der Waals surface area contributed by atoms with Gasteiger partial charge in [-0.15, -0.1) is 0 Å². The van der Waals surface area contributed by atoms with Crippen LogP contribution in [0.15, 0.2) is 0 Å². The zero-order valence-corrected chi connectivity index (χ0v) is 11.3. The zero-order chi connectivity index (χ0) is 12.8. The topological polar surface area (TPSA) is 53.6 Å². The molecule has 0 saturated carbocycles. The third-order valence-electron chi connectivity index (χ3n) is 3.80. The number of ether oxygens (including phenoxy) is 1. The predicted octanol–water partition coefficient (Wildman–Crippen LogP) is -0.177. The normalized spacial score (nSPS) is 26.4. The summed E-state index contributed by atoms with van der Waals surface area (Å²) in [7, 11) is 2.06. The Bertz CT molecular complexity index is 267. The summed E-state index contributed by atoms with van der Waals surface area (Å²) < 4.78 is 5.75. The highest BCUT2D eigenvalue weighted by Crippen LogP contribution is 2.13. The van der Waals surface area contributed by atoms with Crippen molar-refractivity contribution >= 4 is 5.91 Å². The van der Waals surface area contributed by atoms with Gasteiger partial charge in [-0.2, -0.15) is 0 Å². The summed E-state index contributed by atoms with van der Waals surface area (Å²) in [5, 5.41) is 6.29. The number of likely N-dealkylation sites (tertiary alicyclic amines) is 1. The average Bonchev–Trinajstić information content (AvgIpc) is 2.82. The predicted molar refractivity (Wildman–Crippen MR) is 70.5 cm³/mol. The minimum absolute atomic E-state index is 0.175. The van der Waals surface area contributed by atoms with Gasteiger partial charge in [0.05, 0.1) is 18.6 Å². The highest BCUT2D eigenvalue weighted by atomic mass is 16.5. The summed E-state index contributed by atoms with van der Waals surface area (Å²) >= 11 is 0. The summed E-state index contributed by atoms with van der Waals surface area (Å²) in [5.41, 5.74) is 0. The second-order valence-corrected chi connectivity index (χ2v) is 5.36. The van der Waals surface area contributed by atoms with E-state index in [1.807, 2.05) is 0 Å². The number of hydrogen-bond donors (Lipinski definition) is 2. The number of hydrogen-bond acceptors (Lipinski definition) is 4. The van der Waals surface area contributed by atoms with E-state index in [1.165, 1.54) is 0 Å². The minimum Gasteiger partial charge on any atom is -0.376 e. The summed E-state index contributed by atoms with van der Waals surface area (Å²) in [5.74, 6) is 0.363. The van der Waals surface area contributed by atoms with Crippen LogP contribution in [0.1, 0.15) is 19.3 Å². The highest BCUT2D eigenvalue weighted by Gasteiger charge is 2.25. The van der Waals surface area contributed by atoms with Crippen LogP contribution in [-0.4, -0.2) is 63.3 Å². The molecule has 1 atom stereocenters. The van der Waals surface area contributed by atoms with E-state index >= 15 is 0 Å². The van der Waals surface area contributed by atoms with Crippen LogP contribution < -0.4 is 10.6 Å². The highest BCUT2D eigenvalue weighted by molar-refractivity contribution is 5.79. The molecule has 1 amide bonds. The van der Waals surface area contributed by atoms with Gasteiger partial charge in [0.1, 0.15) is 0 Å². The molecule has 2 N–H and O–H groups in total. The van der Waals surface area contributed by atoms with Gasteiger partial charge in [-0.3, -0.25) is 4.79 Å². The lowest BCUT2D eigenvalue weighted by Crippen LogP contribution is -2.37. The molecule has 5 nitrogen and oxygen atoms in total. The first-order valence-corrected chi connectivity index (χ1v) is 7.04. The molecule has 0 radical (unpaired) electrons. The van der Waals surface area contributed by atoms with Crippen molar-refractivity contribution in [1.82, 2.24) is 15.5 Å². The van der Waals surface area contributed by atoms with Gasteiger partial charge >= 0.3 is 0 Å². The monoisotopic (exact) mass is 255 g/mol. The number of carbonyl (C=O) groups is 1. The largest absolute Gasteiger partial charge is 0.376 e. The van der Waals surface area contributed by atoms with E-state index in [2.05, 4.69) is 22.6 Å². The molecule has 1 unspecified atom stereocenters. The van der Waals surface area contributed by atoms with Crippen molar-refractivity contribution in [3.8, 4) is 0 Å². The first kappa shape index (κ1) is 13.8. The summed E-state index contributed by atoms with van der Waals surface area (Å²) in [4.78, 5) is 14.0. The number of rotatable bonds is 5. The number of carbonyl (C=O) groups excluding carboxylic acids is 1. The first-order chi connectivity index (χ1) is 8.75. The Morgan fingerprint density at radius 3 is 2.83 bits per heavy atom. The molecule has 2 aliphatic rings. The Hall–Kier alpha value is -0.650. The summed E-state index contributed by atoms with van der Waals surface area (Å²) in [6.07, 6.45) is 3.53. The van der Waals surface area contributed by atoms with E-state index in [1.54, 1.807) is 0 Å². The molecule has 0 bridgehead atoms. The minimum atomic E-state index is 0.175. The van der Waals surface area contributed by atoms with Crippen molar-refractivity contribution in [2.45, 2.75) is 25.4 Å². The third-order valence-corrected chi connectivity index (χ3v) is 3.80. The number of nitrogens with one attached hydrogen (secondary N) is 2. The SMILES string of the molecule is CN1CCC(C(=O)NCCOC2CCNCC2)C1. The van der Waals surface area contributed by atoms with Crippen LogP contribution in [0.4, 0.5) is 0 Å². The van der Waals surface area contributed by atoms with E-state index < -0.39 is 0 Å². The van der Waals surface area contributed by atoms with Gasteiger partial charge in [0.15, 0.2) is 0 Å². The number of nitrogens with zero attached hydrogens (tertiary/aromatic N) is 1. The van der Waals surface area contributed by atoms with Crippen LogP contribution in [0.5, 0.6) is 0 Å². The Labute approximate surface area is 109 Å². The molecule has 2 fully saturated rings. The molecule has 2 heterocycles. The van der Waals surface area contributed by atoms with Gasteiger partial charge in [-0.05, 0) is 45.9 Å². The molecule has 0 spiro atoms. The van der Waals surface area contributed by atoms with E-state index in [9.17, 15) is 4.79 Å². The van der Waals surface area contributed by atoms with Crippen LogP contribution in [0.2, 0.25) is 0 Å². The maximum atomic E-state index is 11.8. The Morgan fingerprint density at radius 1 is 1.39 bits per heavy atom. The van der Waals surface area contributed by atoms with Crippen molar-refractivity contribution in [2.75, 3.05) is 46.4 Å². The quantitative estimate of drug-likeness (QED) is 0.669. The summed E-state index contributed by atoms with van der Waals surface area (Å²) in [6.45, 7) is 5.30. The fraction of sp³-hybridized carbons (Fsp3) is 0.923. The van der Waals surface area contributed by atoms with Gasteiger partial charge in [-0.1, -0.05) is 0 Å². The van der Waals surface area contributed by atoms with Gasteiger partial charge in [0.2, 0.25) is 5.91 Å². The second kappa shape index (κ2) is 7.07. The van der Waals surface area contributed by atoms with Gasteiger partial charge in [0, 0.05) is 13.1 Å². The molecule has 0 aromatic heterocycles. The van der Waals surface area contributed by atoms with Crippen molar-refractivity contribution in [3.05, 3.63) is 0 Å². The molecule has 0 aromatic rings. The van der Waals surface area contributed by atoms with E-state index in [-0.39, 0.29) is 11.8 Å². The maximum absolute atomic E-state index is 11.8. The van der Waals surface area contributed by atoms with Crippen molar-refractivity contribution in [1.29, 1.82) is 0 Å². The van der Waals surface area contributed by atoms with E-state index in [0.29, 0.717) is 19.3 Å². The molecule has 5 heteroatoms. The molecule has 2 rings (SSSR count). The maximum Gasteiger partial charge on any atom is 0.224 e. The Kier molecular flexibility index (Phi) is 5.41. The number of amides is 1. The molecule has 2 aliphatic heterocycles. The third kappa shape index (κ3) is 4.23. The molecular weight excluding hydrogens is 230 g/mol. The lowest BCUT2D eigenvalue weighted by atomic mass is 10.1. The zero-order valence-electron chi connectivity index (χ0n) is 11.3.